The van der Waals surface area contributed by atoms with Crippen LogP contribution in [0.25, 0.3) is 0 Å². The Kier molecular flexibility index (Phi) is 7.56. The van der Waals surface area contributed by atoms with Crippen molar-refractivity contribution in [3.63, 3.8) is 0 Å². The maximum Gasteiger partial charge on any atom is 0.236 e. The number of rotatable bonds is 8. The summed E-state index contributed by atoms with van der Waals surface area (Å²) in [6.45, 7) is 7.88. The van der Waals surface area contributed by atoms with E-state index in [1.807, 2.05) is 18.7 Å². The molecule has 1 fully saturated rings. The van der Waals surface area contributed by atoms with Crippen molar-refractivity contribution in [3.05, 3.63) is 35.9 Å². The summed E-state index contributed by atoms with van der Waals surface area (Å²) in [5.74, 6) is 0.611. The summed E-state index contributed by atoms with van der Waals surface area (Å²) in [5.41, 5.74) is 1.09. The molecular formula is C24H32FN5O4S. The number of sulfone groups is 1. The summed E-state index contributed by atoms with van der Waals surface area (Å²) in [5, 5.41) is 0. The van der Waals surface area contributed by atoms with Crippen molar-refractivity contribution in [2.45, 2.75) is 44.1 Å². The molecule has 190 valence electrons. The molecule has 0 bridgehead atoms. The molecule has 1 aromatic heterocycles. The summed E-state index contributed by atoms with van der Waals surface area (Å²) < 4.78 is 44.5. The van der Waals surface area contributed by atoms with Crippen molar-refractivity contribution in [2.75, 3.05) is 50.4 Å². The van der Waals surface area contributed by atoms with Gasteiger partial charge in [-0.25, -0.2) is 22.8 Å². The molecule has 2 aromatic rings. The van der Waals surface area contributed by atoms with Gasteiger partial charge in [0.1, 0.15) is 24.1 Å². The van der Waals surface area contributed by atoms with E-state index in [0.29, 0.717) is 31.2 Å². The summed E-state index contributed by atoms with van der Waals surface area (Å²) in [6, 6.07) is 3.92. The van der Waals surface area contributed by atoms with Crippen LogP contribution in [-0.2, 0) is 21.1 Å². The first kappa shape index (κ1) is 25.3. The van der Waals surface area contributed by atoms with Crippen molar-refractivity contribution in [1.29, 1.82) is 0 Å². The van der Waals surface area contributed by atoms with Crippen molar-refractivity contribution in [2.24, 2.45) is 0 Å². The van der Waals surface area contributed by atoms with Gasteiger partial charge in [-0.2, -0.15) is 0 Å². The molecule has 3 heterocycles. The third-order valence-corrected chi connectivity index (χ3v) is 7.76. The van der Waals surface area contributed by atoms with Crippen LogP contribution in [0.1, 0.15) is 32.3 Å². The minimum Gasteiger partial charge on any atom is -0.474 e. The Morgan fingerprint density at radius 1 is 1.17 bits per heavy atom. The van der Waals surface area contributed by atoms with Crippen LogP contribution in [0.4, 0.5) is 15.9 Å². The summed E-state index contributed by atoms with van der Waals surface area (Å²) >= 11 is 0. The Morgan fingerprint density at radius 2 is 1.89 bits per heavy atom. The van der Waals surface area contributed by atoms with Gasteiger partial charge in [0.05, 0.1) is 22.7 Å². The van der Waals surface area contributed by atoms with Crippen LogP contribution in [0.2, 0.25) is 0 Å². The highest BCUT2D eigenvalue weighted by Crippen LogP contribution is 2.38. The van der Waals surface area contributed by atoms with E-state index in [2.05, 4.69) is 14.9 Å². The number of fused-ring (bicyclic) bond motifs is 1. The standard InChI is InChI=1S/C24H32FN5O4S/c1-4-29(5-2)22(31)15-28-11-8-17(9-12-28)34-24-19-10-13-30(23(19)26-16-27-24)21-7-6-18(14-20(21)25)35(3,32)33/h6-7,14,16-17H,4-5,8-13,15H2,1-3H3. The molecule has 1 aromatic carbocycles. The number of benzene rings is 1. The molecule has 4 rings (SSSR count). The molecule has 0 saturated carbocycles. The van der Waals surface area contributed by atoms with Gasteiger partial charge in [0.2, 0.25) is 11.8 Å². The molecule has 2 aliphatic heterocycles. The third kappa shape index (κ3) is 5.56. The van der Waals surface area contributed by atoms with E-state index >= 15 is 0 Å². The highest BCUT2D eigenvalue weighted by molar-refractivity contribution is 7.90. The number of amides is 1. The zero-order valence-electron chi connectivity index (χ0n) is 20.4. The SMILES string of the molecule is CCN(CC)C(=O)CN1CCC(Oc2ncnc3c2CCN3c2ccc(S(C)(=O)=O)cc2F)CC1. The van der Waals surface area contributed by atoms with E-state index in [1.54, 1.807) is 4.90 Å². The van der Waals surface area contributed by atoms with Gasteiger partial charge in [0.15, 0.2) is 9.84 Å². The maximum atomic E-state index is 14.8. The molecular weight excluding hydrogens is 473 g/mol. The summed E-state index contributed by atoms with van der Waals surface area (Å²) in [7, 11) is -3.50. The second-order valence-electron chi connectivity index (χ2n) is 8.93. The van der Waals surface area contributed by atoms with Crippen molar-refractivity contribution < 1.29 is 22.3 Å². The molecule has 0 unspecified atom stereocenters. The van der Waals surface area contributed by atoms with Gasteiger partial charge in [-0.3, -0.25) is 9.69 Å². The van der Waals surface area contributed by atoms with Crippen LogP contribution in [0.5, 0.6) is 5.88 Å². The van der Waals surface area contributed by atoms with Gasteiger partial charge in [-0.15, -0.1) is 0 Å². The molecule has 0 atom stereocenters. The first-order valence-electron chi connectivity index (χ1n) is 12.0. The lowest BCUT2D eigenvalue weighted by molar-refractivity contribution is -0.132. The molecule has 0 aliphatic carbocycles. The molecule has 9 nitrogen and oxygen atoms in total. The second kappa shape index (κ2) is 10.4. The number of likely N-dealkylation sites (tertiary alicyclic amines) is 1. The van der Waals surface area contributed by atoms with Crippen LogP contribution in [0, 0.1) is 5.82 Å². The van der Waals surface area contributed by atoms with Crippen LogP contribution in [0.3, 0.4) is 0 Å². The Morgan fingerprint density at radius 3 is 2.51 bits per heavy atom. The monoisotopic (exact) mass is 505 g/mol. The van der Waals surface area contributed by atoms with Crippen molar-refractivity contribution in [3.8, 4) is 5.88 Å². The molecule has 35 heavy (non-hydrogen) atoms. The fraction of sp³-hybridized carbons (Fsp3) is 0.542. The average Bonchev–Trinajstić information content (AvgIpc) is 3.25. The molecule has 1 saturated heterocycles. The maximum absolute atomic E-state index is 14.8. The zero-order chi connectivity index (χ0) is 25.2. The van der Waals surface area contributed by atoms with Crippen LogP contribution in [-0.4, -0.2) is 85.7 Å². The van der Waals surface area contributed by atoms with Gasteiger partial charge in [0.25, 0.3) is 0 Å². The number of hydrogen-bond acceptors (Lipinski definition) is 8. The number of piperidine rings is 1. The van der Waals surface area contributed by atoms with Gasteiger partial charge in [-0.05, 0) is 51.3 Å². The van der Waals surface area contributed by atoms with Crippen molar-refractivity contribution >= 4 is 27.2 Å². The molecule has 0 N–H and O–H groups in total. The number of likely N-dealkylation sites (N-methyl/N-ethyl adjacent to an activating group) is 1. The number of carbonyl (C=O) groups excluding carboxylic acids is 1. The van der Waals surface area contributed by atoms with E-state index in [4.69, 9.17) is 4.74 Å². The number of nitrogens with zero attached hydrogens (tertiary/aromatic N) is 5. The topological polar surface area (TPSA) is 95.9 Å². The molecule has 0 spiro atoms. The van der Waals surface area contributed by atoms with E-state index in [1.165, 1.54) is 18.5 Å². The quantitative estimate of drug-likeness (QED) is 0.540. The Hall–Kier alpha value is -2.79. The molecule has 1 amide bonds. The molecule has 2 aliphatic rings. The second-order valence-corrected chi connectivity index (χ2v) is 10.9. The normalized spacial score (nSPS) is 16.9. The third-order valence-electron chi connectivity index (χ3n) is 6.65. The fourth-order valence-corrected chi connectivity index (χ4v) is 5.29. The largest absolute Gasteiger partial charge is 0.474 e. The highest BCUT2D eigenvalue weighted by atomic mass is 32.2. The zero-order valence-corrected chi connectivity index (χ0v) is 21.2. The van der Waals surface area contributed by atoms with Gasteiger partial charge < -0.3 is 14.5 Å². The Balaban J connectivity index is 1.42. The van der Waals surface area contributed by atoms with Crippen LogP contribution in [0.15, 0.2) is 29.4 Å². The van der Waals surface area contributed by atoms with Gasteiger partial charge in [0, 0.05) is 39.0 Å². The molecule has 11 heteroatoms. The van der Waals surface area contributed by atoms with Gasteiger partial charge >= 0.3 is 0 Å². The number of ether oxygens (including phenoxy) is 1. The summed E-state index contributed by atoms with van der Waals surface area (Å²) in [4.78, 5) is 26.8. The van der Waals surface area contributed by atoms with E-state index in [0.717, 1.165) is 56.9 Å². The smallest absolute Gasteiger partial charge is 0.236 e. The minimum atomic E-state index is -3.50. The Labute approximate surface area is 205 Å². The van der Waals surface area contributed by atoms with E-state index in [9.17, 15) is 17.6 Å². The molecule has 0 radical (unpaired) electrons. The fourth-order valence-electron chi connectivity index (χ4n) is 4.65. The minimum absolute atomic E-state index is 0.0198. The van der Waals surface area contributed by atoms with Gasteiger partial charge in [-0.1, -0.05) is 0 Å². The summed E-state index contributed by atoms with van der Waals surface area (Å²) in [6.07, 6.45) is 4.61. The van der Waals surface area contributed by atoms with Crippen molar-refractivity contribution in [1.82, 2.24) is 19.8 Å². The number of halogens is 1. The Bertz CT molecular complexity index is 1180. The number of carbonyl (C=O) groups is 1. The number of anilines is 2. The number of aromatic nitrogens is 2. The van der Waals surface area contributed by atoms with E-state index < -0.39 is 15.7 Å². The predicted molar refractivity (Wildman–Crippen MR) is 130 cm³/mol. The predicted octanol–water partition coefficient (Wildman–Crippen LogP) is 2.42. The lowest BCUT2D eigenvalue weighted by Crippen LogP contribution is -2.45. The first-order valence-corrected chi connectivity index (χ1v) is 13.9. The highest BCUT2D eigenvalue weighted by Gasteiger charge is 2.30. The lowest BCUT2D eigenvalue weighted by atomic mass is 10.1. The van der Waals surface area contributed by atoms with Crippen LogP contribution >= 0.6 is 0 Å². The lowest BCUT2D eigenvalue weighted by Gasteiger charge is -2.33. The first-order chi connectivity index (χ1) is 16.7. The van der Waals surface area contributed by atoms with Crippen LogP contribution < -0.4 is 9.64 Å². The number of hydrogen-bond donors (Lipinski definition) is 0. The van der Waals surface area contributed by atoms with E-state index in [-0.39, 0.29) is 22.6 Å². The average molecular weight is 506 g/mol.